The number of benzene rings is 1. The van der Waals surface area contributed by atoms with Crippen LogP contribution in [-0.2, 0) is 11.0 Å². The third kappa shape index (κ3) is 1.78. The van der Waals surface area contributed by atoms with Gasteiger partial charge in [0.15, 0.2) is 5.75 Å². The largest absolute Gasteiger partial charge is 0.458 e. The first-order valence-electron chi connectivity index (χ1n) is 3.47. The molecule has 0 bridgehead atoms. The number of alkyl halides is 5. The summed E-state index contributed by atoms with van der Waals surface area (Å²) in [7, 11) is 0. The maximum atomic E-state index is 12.6. The number of halogens is 5. The van der Waals surface area contributed by atoms with Crippen LogP contribution in [0.1, 0.15) is 5.56 Å². The number of hydrogen-bond donors (Lipinski definition) is 0. The van der Waals surface area contributed by atoms with E-state index in [1.165, 1.54) is 0 Å². The topological polar surface area (TPSA) is 19.9 Å². The first-order valence-corrected chi connectivity index (χ1v) is 3.47. The normalized spacial score (nSPS) is 12.9. The molecule has 0 saturated carbocycles. The third-order valence-corrected chi connectivity index (χ3v) is 1.57. The monoisotopic (exact) mass is 211 g/mol. The molecule has 14 heavy (non-hydrogen) atoms. The number of hydrogen-bond acceptors (Lipinski definition) is 0. The fourth-order valence-corrected chi connectivity index (χ4v) is 0.828. The second kappa shape index (κ2) is 3.11. The standard InChI is InChI=1S/C8H4F5O/c9-7(10,8(11,12)13)5-1-3-6(14)4-2-5/h1-4H. The lowest BCUT2D eigenvalue weighted by Gasteiger charge is -2.19. The second-order valence-corrected chi connectivity index (χ2v) is 2.60. The van der Waals surface area contributed by atoms with Gasteiger partial charge in [0.2, 0.25) is 0 Å². The van der Waals surface area contributed by atoms with Crippen molar-refractivity contribution in [2.24, 2.45) is 0 Å². The van der Waals surface area contributed by atoms with Gasteiger partial charge in [0.25, 0.3) is 0 Å². The molecule has 0 N–H and O–H groups in total. The second-order valence-electron chi connectivity index (χ2n) is 2.60. The van der Waals surface area contributed by atoms with E-state index < -0.39 is 23.4 Å². The van der Waals surface area contributed by atoms with E-state index in [-0.39, 0.29) is 0 Å². The highest BCUT2D eigenvalue weighted by atomic mass is 19.4. The molecule has 1 aromatic carbocycles. The molecule has 6 heteroatoms. The van der Waals surface area contributed by atoms with Crippen LogP contribution < -0.4 is 0 Å². The van der Waals surface area contributed by atoms with Gasteiger partial charge in [0.05, 0.1) is 0 Å². The van der Waals surface area contributed by atoms with Gasteiger partial charge in [0, 0.05) is 5.56 Å². The molecule has 0 spiro atoms. The van der Waals surface area contributed by atoms with Crippen molar-refractivity contribution >= 4 is 0 Å². The summed E-state index contributed by atoms with van der Waals surface area (Å²) in [6.07, 6.45) is -5.64. The van der Waals surface area contributed by atoms with Crippen LogP contribution in [0.25, 0.3) is 0 Å². The van der Waals surface area contributed by atoms with Crippen molar-refractivity contribution in [3.63, 3.8) is 0 Å². The van der Waals surface area contributed by atoms with Crippen LogP contribution in [0.2, 0.25) is 0 Å². The van der Waals surface area contributed by atoms with Crippen molar-refractivity contribution in [1.82, 2.24) is 0 Å². The van der Waals surface area contributed by atoms with Gasteiger partial charge >= 0.3 is 12.1 Å². The Morgan fingerprint density at radius 3 is 1.64 bits per heavy atom. The molecule has 0 aliphatic rings. The molecule has 1 nitrogen and oxygen atoms in total. The molecular formula is C8H4F5O. The van der Waals surface area contributed by atoms with Gasteiger partial charge in [-0.15, -0.1) is 0 Å². The molecule has 1 aromatic rings. The SMILES string of the molecule is [O]c1ccc(C(F)(F)C(F)(F)F)cc1. The summed E-state index contributed by atoms with van der Waals surface area (Å²) in [6, 6.07) is 2.26. The molecule has 0 atom stereocenters. The van der Waals surface area contributed by atoms with Crippen molar-refractivity contribution in [1.29, 1.82) is 0 Å². The van der Waals surface area contributed by atoms with E-state index in [4.69, 9.17) is 0 Å². The van der Waals surface area contributed by atoms with Gasteiger partial charge < -0.3 is 0 Å². The highest BCUT2D eigenvalue weighted by Gasteiger charge is 2.58. The minimum atomic E-state index is -5.64. The fraction of sp³-hybridized carbons (Fsp3) is 0.250. The highest BCUT2D eigenvalue weighted by molar-refractivity contribution is 5.29. The van der Waals surface area contributed by atoms with Gasteiger partial charge in [-0.2, -0.15) is 22.0 Å². The lowest BCUT2D eigenvalue weighted by Crippen LogP contribution is -2.33. The zero-order valence-electron chi connectivity index (χ0n) is 6.61. The molecule has 0 saturated heterocycles. The van der Waals surface area contributed by atoms with E-state index in [0.29, 0.717) is 24.3 Å². The zero-order chi connectivity index (χ0) is 11.0. The Kier molecular flexibility index (Phi) is 2.39. The van der Waals surface area contributed by atoms with Gasteiger partial charge in [-0.1, -0.05) is 0 Å². The molecule has 77 valence electrons. The Hall–Kier alpha value is -1.33. The van der Waals surface area contributed by atoms with Crippen LogP contribution in [0.4, 0.5) is 22.0 Å². The summed E-state index contributed by atoms with van der Waals surface area (Å²) in [5.74, 6) is -5.53. The minimum absolute atomic E-state index is 0.468. The van der Waals surface area contributed by atoms with E-state index in [9.17, 15) is 27.1 Å². The van der Waals surface area contributed by atoms with Crippen LogP contribution in [-0.4, -0.2) is 6.18 Å². The lowest BCUT2D eigenvalue weighted by molar-refractivity contribution is -0.289. The van der Waals surface area contributed by atoms with Gasteiger partial charge in [-0.05, 0) is 24.3 Å². The van der Waals surface area contributed by atoms with Gasteiger partial charge in [-0.25, -0.2) is 0 Å². The fourth-order valence-electron chi connectivity index (χ4n) is 0.828. The predicted octanol–water partition coefficient (Wildman–Crippen LogP) is 3.48. The van der Waals surface area contributed by atoms with E-state index in [0.717, 1.165) is 0 Å². The number of rotatable bonds is 1. The first-order chi connectivity index (χ1) is 6.25. The molecule has 0 aromatic heterocycles. The van der Waals surface area contributed by atoms with E-state index in [2.05, 4.69) is 0 Å². The summed E-state index contributed by atoms with van der Waals surface area (Å²) in [5.41, 5.74) is -1.23. The third-order valence-electron chi connectivity index (χ3n) is 1.57. The minimum Gasteiger partial charge on any atom is -0.290 e. The molecule has 1 rings (SSSR count). The van der Waals surface area contributed by atoms with Crippen LogP contribution in [0, 0.1) is 0 Å². The van der Waals surface area contributed by atoms with E-state index in [1.807, 2.05) is 0 Å². The Morgan fingerprint density at radius 2 is 1.29 bits per heavy atom. The molecule has 0 unspecified atom stereocenters. The maximum Gasteiger partial charge on any atom is 0.458 e. The molecule has 0 fully saturated rings. The van der Waals surface area contributed by atoms with Crippen LogP contribution >= 0.6 is 0 Å². The van der Waals surface area contributed by atoms with Crippen LogP contribution in [0.5, 0.6) is 5.75 Å². The quantitative estimate of drug-likeness (QED) is 0.633. The van der Waals surface area contributed by atoms with Gasteiger partial charge in [-0.3, -0.25) is 5.11 Å². The first kappa shape index (κ1) is 10.7. The Morgan fingerprint density at radius 1 is 0.857 bits per heavy atom. The van der Waals surface area contributed by atoms with Crippen molar-refractivity contribution in [2.75, 3.05) is 0 Å². The molecular weight excluding hydrogens is 207 g/mol. The average Bonchev–Trinajstić information content (AvgIpc) is 2.03. The zero-order valence-corrected chi connectivity index (χ0v) is 6.61. The smallest absolute Gasteiger partial charge is 0.290 e. The molecule has 0 aliphatic carbocycles. The van der Waals surface area contributed by atoms with Crippen molar-refractivity contribution in [3.05, 3.63) is 29.8 Å². The molecule has 0 amide bonds. The highest BCUT2D eigenvalue weighted by Crippen LogP contribution is 2.43. The van der Waals surface area contributed by atoms with E-state index >= 15 is 0 Å². The average molecular weight is 211 g/mol. The molecule has 1 radical (unpaired) electrons. The predicted molar refractivity (Wildman–Crippen MR) is 36.5 cm³/mol. The summed E-state index contributed by atoms with van der Waals surface area (Å²) >= 11 is 0. The Balaban J connectivity index is 3.10. The van der Waals surface area contributed by atoms with E-state index in [1.54, 1.807) is 0 Å². The van der Waals surface area contributed by atoms with Crippen molar-refractivity contribution in [3.8, 4) is 5.75 Å². The lowest BCUT2D eigenvalue weighted by atomic mass is 10.1. The van der Waals surface area contributed by atoms with Crippen LogP contribution in [0.15, 0.2) is 24.3 Å². The summed E-state index contributed by atoms with van der Waals surface area (Å²) in [6.45, 7) is 0. The molecule has 0 aliphatic heterocycles. The maximum absolute atomic E-state index is 12.6. The summed E-state index contributed by atoms with van der Waals surface area (Å²) in [5, 5.41) is 10.5. The molecule has 0 heterocycles. The van der Waals surface area contributed by atoms with Crippen molar-refractivity contribution in [2.45, 2.75) is 12.1 Å². The van der Waals surface area contributed by atoms with Crippen LogP contribution in [0.3, 0.4) is 0 Å². The van der Waals surface area contributed by atoms with Gasteiger partial charge in [0.1, 0.15) is 0 Å². The Bertz CT molecular complexity index is 313. The van der Waals surface area contributed by atoms with Crippen molar-refractivity contribution < 1.29 is 27.1 Å². The Labute approximate surface area is 75.8 Å². The summed E-state index contributed by atoms with van der Waals surface area (Å²) < 4.78 is 60.5. The summed E-state index contributed by atoms with van der Waals surface area (Å²) in [4.78, 5) is 0.